The molecule has 0 radical (unpaired) electrons. The molecule has 1 unspecified atom stereocenters. The highest BCUT2D eigenvalue weighted by Crippen LogP contribution is 2.20. The van der Waals surface area contributed by atoms with Crippen LogP contribution >= 0.6 is 0 Å². The van der Waals surface area contributed by atoms with E-state index < -0.39 is 6.10 Å². The maximum atomic E-state index is 11.1. The Balaban J connectivity index is 2.80. The molecule has 11 heavy (non-hydrogen) atoms. The highest BCUT2D eigenvalue weighted by atomic mass is 16.5. The van der Waals surface area contributed by atoms with E-state index in [1.807, 2.05) is 0 Å². The first-order valence-corrected chi connectivity index (χ1v) is 3.59. The fourth-order valence-corrected chi connectivity index (χ4v) is 1.29. The van der Waals surface area contributed by atoms with Gasteiger partial charge < -0.3 is 4.74 Å². The highest BCUT2D eigenvalue weighted by Gasteiger charge is 2.27. The Morgan fingerprint density at radius 2 is 2.27 bits per heavy atom. The van der Waals surface area contributed by atoms with Crippen LogP contribution in [0.3, 0.4) is 0 Å². The maximum absolute atomic E-state index is 11.1. The standard InChI is InChI=1S/C8H10O3/c1-11-8-6(5-9)3-2-4-7(8)10/h8H,2-4H2,1H3. The van der Waals surface area contributed by atoms with E-state index >= 15 is 0 Å². The second-order valence-electron chi connectivity index (χ2n) is 2.56. The van der Waals surface area contributed by atoms with Crippen molar-refractivity contribution in [1.82, 2.24) is 0 Å². The van der Waals surface area contributed by atoms with Gasteiger partial charge in [0.2, 0.25) is 0 Å². The first-order chi connectivity index (χ1) is 5.29. The van der Waals surface area contributed by atoms with Gasteiger partial charge in [0, 0.05) is 19.1 Å². The lowest BCUT2D eigenvalue weighted by Gasteiger charge is -2.19. The molecule has 60 valence electrons. The Bertz CT molecular complexity index is 213. The van der Waals surface area contributed by atoms with Gasteiger partial charge in [0.1, 0.15) is 12.0 Å². The molecule has 0 bridgehead atoms. The number of hydrogen-bond acceptors (Lipinski definition) is 3. The summed E-state index contributed by atoms with van der Waals surface area (Å²) >= 11 is 0. The smallest absolute Gasteiger partial charge is 0.166 e. The number of methoxy groups -OCH3 is 1. The Hall–Kier alpha value is -0.920. The average molecular weight is 154 g/mol. The van der Waals surface area contributed by atoms with Crippen LogP contribution in [0.4, 0.5) is 0 Å². The van der Waals surface area contributed by atoms with Gasteiger partial charge in [-0.15, -0.1) is 0 Å². The Morgan fingerprint density at radius 3 is 2.73 bits per heavy atom. The average Bonchev–Trinajstić information content (AvgIpc) is 2.04. The Kier molecular flexibility index (Phi) is 2.58. The summed E-state index contributed by atoms with van der Waals surface area (Å²) in [6.45, 7) is 0. The second kappa shape index (κ2) is 3.46. The number of ether oxygens (including phenoxy) is 1. The van der Waals surface area contributed by atoms with E-state index in [4.69, 9.17) is 4.74 Å². The van der Waals surface area contributed by atoms with Gasteiger partial charge in [-0.2, -0.15) is 0 Å². The zero-order valence-corrected chi connectivity index (χ0v) is 6.42. The van der Waals surface area contributed by atoms with Crippen molar-refractivity contribution in [2.75, 3.05) is 7.11 Å². The third-order valence-electron chi connectivity index (χ3n) is 1.85. The van der Waals surface area contributed by atoms with Crippen molar-refractivity contribution in [2.24, 2.45) is 0 Å². The summed E-state index contributed by atoms with van der Waals surface area (Å²) in [7, 11) is 1.44. The van der Waals surface area contributed by atoms with Crippen LogP contribution in [0.2, 0.25) is 0 Å². The first-order valence-electron chi connectivity index (χ1n) is 3.59. The summed E-state index contributed by atoms with van der Waals surface area (Å²) in [5.74, 6) is 1.75. The van der Waals surface area contributed by atoms with Gasteiger partial charge >= 0.3 is 0 Å². The lowest BCUT2D eigenvalue weighted by molar-refractivity contribution is -0.128. The summed E-state index contributed by atoms with van der Waals surface area (Å²) in [6.07, 6.45) is 1.31. The van der Waals surface area contributed by atoms with Crippen LogP contribution < -0.4 is 0 Å². The molecule has 3 nitrogen and oxygen atoms in total. The molecular formula is C8H10O3. The predicted molar refractivity (Wildman–Crippen MR) is 38.9 cm³/mol. The van der Waals surface area contributed by atoms with Crippen molar-refractivity contribution in [1.29, 1.82) is 0 Å². The molecule has 1 aliphatic carbocycles. The molecule has 0 saturated heterocycles. The van der Waals surface area contributed by atoms with Gasteiger partial charge in [0.25, 0.3) is 0 Å². The van der Waals surface area contributed by atoms with Crippen molar-refractivity contribution < 1.29 is 14.3 Å². The van der Waals surface area contributed by atoms with Crippen molar-refractivity contribution >= 4 is 11.7 Å². The van der Waals surface area contributed by atoms with Gasteiger partial charge in [-0.3, -0.25) is 4.79 Å². The molecule has 0 aromatic carbocycles. The second-order valence-corrected chi connectivity index (χ2v) is 2.56. The summed E-state index contributed by atoms with van der Waals surface area (Å²) in [4.78, 5) is 21.4. The maximum Gasteiger partial charge on any atom is 0.166 e. The van der Waals surface area contributed by atoms with Crippen LogP contribution in [0, 0.1) is 0 Å². The van der Waals surface area contributed by atoms with E-state index in [2.05, 4.69) is 0 Å². The monoisotopic (exact) mass is 154 g/mol. The number of hydrogen-bond donors (Lipinski definition) is 0. The normalized spacial score (nSPS) is 25.0. The van der Waals surface area contributed by atoms with E-state index in [1.54, 1.807) is 5.94 Å². The lowest BCUT2D eigenvalue weighted by atomic mass is 9.92. The molecule has 0 heterocycles. The molecule has 1 rings (SSSR count). The predicted octanol–water partition coefficient (Wildman–Crippen LogP) is 0.512. The lowest BCUT2D eigenvalue weighted by Crippen LogP contribution is -2.29. The van der Waals surface area contributed by atoms with Crippen LogP contribution in [0.1, 0.15) is 19.3 Å². The molecule has 0 N–H and O–H groups in total. The Labute approximate surface area is 65.0 Å². The van der Waals surface area contributed by atoms with E-state index in [-0.39, 0.29) is 5.78 Å². The number of rotatable bonds is 1. The van der Waals surface area contributed by atoms with Crippen molar-refractivity contribution in [2.45, 2.75) is 25.4 Å². The third kappa shape index (κ3) is 1.56. The fraction of sp³-hybridized carbons (Fsp3) is 0.625. The van der Waals surface area contributed by atoms with E-state index in [0.29, 0.717) is 18.4 Å². The topological polar surface area (TPSA) is 43.4 Å². The molecule has 0 aromatic rings. The highest BCUT2D eigenvalue weighted by molar-refractivity contribution is 5.89. The third-order valence-corrected chi connectivity index (χ3v) is 1.85. The minimum Gasteiger partial charge on any atom is -0.368 e. The van der Waals surface area contributed by atoms with E-state index in [9.17, 15) is 9.59 Å². The number of ketones is 1. The summed E-state index contributed by atoms with van der Waals surface area (Å²) in [5, 5.41) is 0. The molecule has 0 aromatic heterocycles. The number of Topliss-reactive ketones (excluding diaryl/α,β-unsaturated/α-hetero) is 1. The molecule has 0 spiro atoms. The number of carbonyl (C=O) groups excluding carboxylic acids is 2. The first kappa shape index (κ1) is 8.18. The van der Waals surface area contributed by atoms with E-state index in [1.165, 1.54) is 7.11 Å². The largest absolute Gasteiger partial charge is 0.368 e. The zero-order chi connectivity index (χ0) is 8.27. The molecule has 0 aliphatic heterocycles. The van der Waals surface area contributed by atoms with Crippen molar-refractivity contribution in [3.05, 3.63) is 5.57 Å². The van der Waals surface area contributed by atoms with Crippen LogP contribution in [-0.4, -0.2) is 24.9 Å². The van der Waals surface area contributed by atoms with Crippen LogP contribution in [0.25, 0.3) is 0 Å². The van der Waals surface area contributed by atoms with Crippen molar-refractivity contribution in [3.63, 3.8) is 0 Å². The Morgan fingerprint density at radius 1 is 1.55 bits per heavy atom. The molecule has 1 aliphatic rings. The summed E-state index contributed by atoms with van der Waals surface area (Å²) < 4.78 is 4.86. The SMILES string of the molecule is COC1C(=O)CCCC1=C=O. The van der Waals surface area contributed by atoms with Gasteiger partial charge in [-0.05, 0) is 12.8 Å². The van der Waals surface area contributed by atoms with E-state index in [0.717, 1.165) is 6.42 Å². The molecule has 1 atom stereocenters. The summed E-state index contributed by atoms with van der Waals surface area (Å²) in [6, 6.07) is 0. The minimum absolute atomic E-state index is 0.00269. The molecular weight excluding hydrogens is 144 g/mol. The minimum atomic E-state index is -0.610. The molecule has 1 saturated carbocycles. The van der Waals surface area contributed by atoms with Gasteiger partial charge in [0.05, 0.1) is 0 Å². The van der Waals surface area contributed by atoms with Crippen LogP contribution in [0.5, 0.6) is 0 Å². The van der Waals surface area contributed by atoms with Gasteiger partial charge in [-0.25, -0.2) is 4.79 Å². The van der Waals surface area contributed by atoms with Crippen LogP contribution in [0.15, 0.2) is 5.57 Å². The molecule has 0 amide bonds. The zero-order valence-electron chi connectivity index (χ0n) is 6.42. The van der Waals surface area contributed by atoms with Crippen molar-refractivity contribution in [3.8, 4) is 0 Å². The van der Waals surface area contributed by atoms with Gasteiger partial charge in [0.15, 0.2) is 5.78 Å². The fourth-order valence-electron chi connectivity index (χ4n) is 1.29. The van der Waals surface area contributed by atoms with Crippen LogP contribution in [-0.2, 0) is 14.3 Å². The molecule has 3 heteroatoms. The quantitative estimate of drug-likeness (QED) is 0.517. The molecule has 1 fully saturated rings. The number of carbonyl (C=O) groups is 1. The van der Waals surface area contributed by atoms with Gasteiger partial charge in [-0.1, -0.05) is 0 Å². The summed E-state index contributed by atoms with van der Waals surface area (Å²) in [5.41, 5.74) is 0.462.